The van der Waals surface area contributed by atoms with Gasteiger partial charge >= 0.3 is 0 Å². The predicted molar refractivity (Wildman–Crippen MR) is 81.0 cm³/mol. The fraction of sp³-hybridized carbons (Fsp3) is 0.278. The van der Waals surface area contributed by atoms with Gasteiger partial charge in [0.15, 0.2) is 5.78 Å². The number of halogens is 2. The summed E-state index contributed by atoms with van der Waals surface area (Å²) in [6.45, 7) is 1.84. The van der Waals surface area contributed by atoms with Gasteiger partial charge in [0.05, 0.1) is 12.7 Å². The molecular formula is C18H16F2O3. The lowest BCUT2D eigenvalue weighted by Gasteiger charge is -2.13. The van der Waals surface area contributed by atoms with Gasteiger partial charge in [-0.2, -0.15) is 0 Å². The average molecular weight is 318 g/mol. The van der Waals surface area contributed by atoms with Crippen molar-refractivity contribution < 1.29 is 23.0 Å². The van der Waals surface area contributed by atoms with Crippen LogP contribution in [0.1, 0.15) is 40.7 Å². The Hall–Kier alpha value is -2.43. The summed E-state index contributed by atoms with van der Waals surface area (Å²) in [6, 6.07) is 6.86. The van der Waals surface area contributed by atoms with Gasteiger partial charge in [0.2, 0.25) is 0 Å². The van der Waals surface area contributed by atoms with Crippen molar-refractivity contribution in [2.45, 2.75) is 25.9 Å². The number of rotatable bonds is 4. The van der Waals surface area contributed by atoms with Gasteiger partial charge in [0.1, 0.15) is 29.7 Å². The Labute approximate surface area is 132 Å². The molecule has 0 amide bonds. The van der Waals surface area contributed by atoms with Gasteiger partial charge in [0, 0.05) is 17.5 Å². The zero-order valence-corrected chi connectivity index (χ0v) is 12.9. The third kappa shape index (κ3) is 2.79. The molecule has 1 aliphatic carbocycles. The van der Waals surface area contributed by atoms with Crippen molar-refractivity contribution in [2.24, 2.45) is 0 Å². The molecule has 0 radical (unpaired) electrons. The molecule has 0 fully saturated rings. The van der Waals surface area contributed by atoms with Crippen LogP contribution in [0.5, 0.6) is 11.5 Å². The van der Waals surface area contributed by atoms with Gasteiger partial charge in [-0.1, -0.05) is 6.92 Å². The van der Waals surface area contributed by atoms with Crippen LogP contribution in [0.2, 0.25) is 0 Å². The molecule has 1 aliphatic rings. The van der Waals surface area contributed by atoms with Crippen molar-refractivity contribution >= 4 is 5.78 Å². The third-order valence-corrected chi connectivity index (χ3v) is 4.04. The van der Waals surface area contributed by atoms with E-state index in [4.69, 9.17) is 9.47 Å². The van der Waals surface area contributed by atoms with Crippen LogP contribution < -0.4 is 9.47 Å². The first-order valence-corrected chi connectivity index (χ1v) is 7.32. The van der Waals surface area contributed by atoms with E-state index in [2.05, 4.69) is 0 Å². The van der Waals surface area contributed by atoms with Gasteiger partial charge in [-0.05, 0) is 36.2 Å². The van der Waals surface area contributed by atoms with Crippen LogP contribution in [-0.2, 0) is 6.61 Å². The Bertz CT molecular complexity index is 771. The Morgan fingerprint density at radius 3 is 2.65 bits per heavy atom. The van der Waals surface area contributed by atoms with Crippen LogP contribution in [0.15, 0.2) is 30.3 Å². The Morgan fingerprint density at radius 1 is 1.17 bits per heavy atom. The maximum Gasteiger partial charge on any atom is 0.167 e. The van der Waals surface area contributed by atoms with E-state index in [0.29, 0.717) is 28.2 Å². The zero-order valence-electron chi connectivity index (χ0n) is 12.9. The monoisotopic (exact) mass is 318 g/mol. The molecule has 23 heavy (non-hydrogen) atoms. The molecule has 1 atom stereocenters. The second-order valence-corrected chi connectivity index (χ2v) is 5.61. The maximum absolute atomic E-state index is 14.0. The number of ketones is 1. The van der Waals surface area contributed by atoms with Crippen molar-refractivity contribution in [2.75, 3.05) is 7.11 Å². The highest BCUT2D eigenvalue weighted by molar-refractivity contribution is 6.03. The number of benzene rings is 2. The predicted octanol–water partition coefficient (Wildman–Crippen LogP) is 4.24. The molecule has 0 aliphatic heterocycles. The number of fused-ring (bicyclic) bond motifs is 1. The summed E-state index contributed by atoms with van der Waals surface area (Å²) in [7, 11) is 1.48. The second kappa shape index (κ2) is 5.99. The fourth-order valence-electron chi connectivity index (χ4n) is 2.96. The van der Waals surface area contributed by atoms with E-state index in [1.165, 1.54) is 37.4 Å². The molecule has 0 saturated carbocycles. The average Bonchev–Trinajstić information content (AvgIpc) is 2.83. The summed E-state index contributed by atoms with van der Waals surface area (Å²) in [4.78, 5) is 12.1. The van der Waals surface area contributed by atoms with Crippen LogP contribution in [-0.4, -0.2) is 12.9 Å². The minimum Gasteiger partial charge on any atom is -0.496 e. The molecule has 0 N–H and O–H groups in total. The van der Waals surface area contributed by atoms with Crippen LogP contribution in [0.4, 0.5) is 8.78 Å². The summed E-state index contributed by atoms with van der Waals surface area (Å²) < 4.78 is 38.2. The molecule has 3 nitrogen and oxygen atoms in total. The minimum absolute atomic E-state index is 0.0284. The van der Waals surface area contributed by atoms with E-state index in [1.807, 2.05) is 6.92 Å². The van der Waals surface area contributed by atoms with Crippen molar-refractivity contribution in [3.8, 4) is 11.5 Å². The molecule has 2 aromatic carbocycles. The molecule has 0 heterocycles. The number of hydrogen-bond acceptors (Lipinski definition) is 3. The van der Waals surface area contributed by atoms with Crippen LogP contribution in [0, 0.1) is 11.6 Å². The number of carbonyl (C=O) groups excluding carboxylic acids is 1. The molecule has 120 valence electrons. The molecule has 0 saturated heterocycles. The summed E-state index contributed by atoms with van der Waals surface area (Å²) >= 11 is 0. The van der Waals surface area contributed by atoms with Crippen molar-refractivity contribution in [3.05, 3.63) is 58.7 Å². The van der Waals surface area contributed by atoms with Gasteiger partial charge in [0.25, 0.3) is 0 Å². The first-order chi connectivity index (χ1) is 11.0. The number of ether oxygens (including phenoxy) is 2. The van der Waals surface area contributed by atoms with Crippen molar-refractivity contribution in [1.82, 2.24) is 0 Å². The lowest BCUT2D eigenvalue weighted by molar-refractivity contribution is 0.0986. The standard InChI is InChI=1S/C18H16F2O3/c1-10-7-14(21)18-16(6-4-13(20)17(10)18)23-9-11-8-12(19)3-5-15(11)22-2/h3-6,8,10H,7,9H2,1-2H3. The number of carbonyl (C=O) groups is 1. The van der Waals surface area contributed by atoms with Crippen molar-refractivity contribution in [3.63, 3.8) is 0 Å². The molecule has 5 heteroatoms. The van der Waals surface area contributed by atoms with E-state index in [1.54, 1.807) is 0 Å². The quantitative estimate of drug-likeness (QED) is 0.846. The van der Waals surface area contributed by atoms with Gasteiger partial charge < -0.3 is 9.47 Å². The van der Waals surface area contributed by atoms with E-state index in [0.717, 1.165) is 0 Å². The normalized spacial score (nSPS) is 16.3. The lowest BCUT2D eigenvalue weighted by atomic mass is 10.0. The molecule has 0 bridgehead atoms. The SMILES string of the molecule is COc1ccc(F)cc1COc1ccc(F)c2c1C(=O)CC2C. The minimum atomic E-state index is -0.404. The van der Waals surface area contributed by atoms with E-state index in [9.17, 15) is 13.6 Å². The lowest BCUT2D eigenvalue weighted by Crippen LogP contribution is -2.04. The van der Waals surface area contributed by atoms with Crippen LogP contribution in [0.25, 0.3) is 0 Å². The second-order valence-electron chi connectivity index (χ2n) is 5.61. The molecule has 2 aromatic rings. The number of hydrogen-bond donors (Lipinski definition) is 0. The summed E-state index contributed by atoms with van der Waals surface area (Å²) in [5.74, 6) is -0.280. The maximum atomic E-state index is 14.0. The Morgan fingerprint density at radius 2 is 1.91 bits per heavy atom. The molecular weight excluding hydrogens is 302 g/mol. The molecule has 3 rings (SSSR count). The van der Waals surface area contributed by atoms with Crippen LogP contribution >= 0.6 is 0 Å². The highest BCUT2D eigenvalue weighted by atomic mass is 19.1. The number of methoxy groups -OCH3 is 1. The highest BCUT2D eigenvalue weighted by Crippen LogP contribution is 2.40. The zero-order chi connectivity index (χ0) is 16.6. The molecule has 0 spiro atoms. The van der Waals surface area contributed by atoms with E-state index in [-0.39, 0.29) is 24.7 Å². The summed E-state index contributed by atoms with van der Waals surface area (Å²) in [5, 5.41) is 0. The first kappa shape index (κ1) is 15.5. The topological polar surface area (TPSA) is 35.5 Å². The fourth-order valence-corrected chi connectivity index (χ4v) is 2.96. The molecule has 1 unspecified atom stereocenters. The van der Waals surface area contributed by atoms with E-state index < -0.39 is 11.6 Å². The van der Waals surface area contributed by atoms with Gasteiger partial charge in [-0.3, -0.25) is 4.79 Å². The van der Waals surface area contributed by atoms with Crippen molar-refractivity contribution in [1.29, 1.82) is 0 Å². The van der Waals surface area contributed by atoms with Gasteiger partial charge in [-0.15, -0.1) is 0 Å². The summed E-state index contributed by atoms with van der Waals surface area (Å²) in [6.07, 6.45) is 0.274. The molecule has 0 aromatic heterocycles. The Balaban J connectivity index is 1.91. The Kier molecular flexibility index (Phi) is 4.03. The largest absolute Gasteiger partial charge is 0.496 e. The first-order valence-electron chi connectivity index (χ1n) is 7.32. The summed E-state index contributed by atoms with van der Waals surface area (Å²) in [5.41, 5.74) is 1.22. The van der Waals surface area contributed by atoms with Gasteiger partial charge in [-0.25, -0.2) is 8.78 Å². The van der Waals surface area contributed by atoms with Crippen LogP contribution in [0.3, 0.4) is 0 Å². The third-order valence-electron chi connectivity index (χ3n) is 4.04. The number of Topliss-reactive ketones (excluding diaryl/α,β-unsaturated/α-hetero) is 1. The highest BCUT2D eigenvalue weighted by Gasteiger charge is 2.32. The smallest absolute Gasteiger partial charge is 0.167 e. The van der Waals surface area contributed by atoms with E-state index >= 15 is 0 Å².